The highest BCUT2D eigenvalue weighted by Crippen LogP contribution is 2.20. The van der Waals surface area contributed by atoms with Crippen LogP contribution in [0.2, 0.25) is 0 Å². The van der Waals surface area contributed by atoms with Crippen LogP contribution in [0.15, 0.2) is 77.3 Å². The lowest BCUT2D eigenvalue weighted by Gasteiger charge is -2.12. The van der Waals surface area contributed by atoms with Gasteiger partial charge in [-0.05, 0) is 54.6 Å². The lowest BCUT2D eigenvalue weighted by molar-refractivity contribution is -0.118. The van der Waals surface area contributed by atoms with Crippen molar-refractivity contribution in [3.8, 4) is 5.75 Å². The third-order valence-electron chi connectivity index (χ3n) is 3.70. The fourth-order valence-corrected chi connectivity index (χ4v) is 2.68. The van der Waals surface area contributed by atoms with E-state index in [1.807, 2.05) is 12.1 Å². The van der Waals surface area contributed by atoms with E-state index in [0.717, 1.165) is 4.47 Å². The zero-order valence-electron chi connectivity index (χ0n) is 14.6. The number of nitrogens with one attached hydrogen (secondary N) is 2. The average Bonchev–Trinajstić information content (AvgIpc) is 2.68. The normalized spacial score (nSPS) is 10.2. The number of anilines is 2. The number of hydrogen-bond donors (Lipinski definition) is 2. The van der Waals surface area contributed by atoms with Gasteiger partial charge in [-0.3, -0.25) is 9.59 Å². The lowest BCUT2D eigenvalue weighted by Crippen LogP contribution is -2.21. The van der Waals surface area contributed by atoms with Crippen LogP contribution in [0.1, 0.15) is 10.4 Å². The first-order valence-corrected chi connectivity index (χ1v) is 9.15. The summed E-state index contributed by atoms with van der Waals surface area (Å²) in [7, 11) is 0. The Bertz CT molecular complexity index is 993. The largest absolute Gasteiger partial charge is 0.483 e. The Kier molecular flexibility index (Phi) is 6.39. The second kappa shape index (κ2) is 9.14. The second-order valence-corrected chi connectivity index (χ2v) is 6.72. The Labute approximate surface area is 169 Å². The second-order valence-electron chi connectivity index (χ2n) is 5.80. The van der Waals surface area contributed by atoms with Gasteiger partial charge in [-0.25, -0.2) is 4.39 Å². The smallest absolute Gasteiger partial charge is 0.262 e. The molecule has 0 heterocycles. The first-order valence-electron chi connectivity index (χ1n) is 8.35. The molecule has 0 spiro atoms. The van der Waals surface area contributed by atoms with Gasteiger partial charge in [-0.1, -0.05) is 34.1 Å². The number of carbonyl (C=O) groups excluding carboxylic acids is 2. The van der Waals surface area contributed by atoms with Gasteiger partial charge in [0.05, 0.1) is 5.56 Å². The third kappa shape index (κ3) is 5.40. The van der Waals surface area contributed by atoms with Crippen LogP contribution in [0.3, 0.4) is 0 Å². The molecule has 0 saturated carbocycles. The standard InChI is InChI=1S/C21H16BrFN2O3/c22-14-8-10-16(11-9-14)24-20(26)13-28-19-7-2-1-6-18(19)21(27)25-17-5-3-4-15(23)12-17/h1-12H,13H2,(H,24,26)(H,25,27). The predicted octanol–water partition coefficient (Wildman–Crippen LogP) is 4.86. The summed E-state index contributed by atoms with van der Waals surface area (Å²) in [5.74, 6) is -1.02. The maximum absolute atomic E-state index is 13.3. The van der Waals surface area contributed by atoms with Gasteiger partial charge in [0.15, 0.2) is 6.61 Å². The van der Waals surface area contributed by atoms with Gasteiger partial charge >= 0.3 is 0 Å². The van der Waals surface area contributed by atoms with Gasteiger partial charge in [0, 0.05) is 15.8 Å². The van der Waals surface area contributed by atoms with Gasteiger partial charge in [-0.2, -0.15) is 0 Å². The zero-order valence-corrected chi connectivity index (χ0v) is 16.2. The maximum Gasteiger partial charge on any atom is 0.262 e. The number of ether oxygens (including phenoxy) is 1. The van der Waals surface area contributed by atoms with E-state index in [9.17, 15) is 14.0 Å². The SMILES string of the molecule is O=C(COc1ccccc1C(=O)Nc1cccc(F)c1)Nc1ccc(Br)cc1. The summed E-state index contributed by atoms with van der Waals surface area (Å²) in [6, 6.07) is 19.2. The Morgan fingerprint density at radius 1 is 0.893 bits per heavy atom. The van der Waals surface area contributed by atoms with Crippen LogP contribution < -0.4 is 15.4 Å². The Morgan fingerprint density at radius 2 is 1.64 bits per heavy atom. The van der Waals surface area contributed by atoms with Gasteiger partial charge in [0.25, 0.3) is 11.8 Å². The first kappa shape index (κ1) is 19.6. The van der Waals surface area contributed by atoms with E-state index in [0.29, 0.717) is 11.4 Å². The molecule has 2 amide bonds. The molecule has 7 heteroatoms. The van der Waals surface area contributed by atoms with Crippen molar-refractivity contribution in [3.63, 3.8) is 0 Å². The van der Waals surface area contributed by atoms with Crippen LogP contribution in [0.4, 0.5) is 15.8 Å². The molecule has 0 aliphatic rings. The number of halogens is 2. The summed E-state index contributed by atoms with van der Waals surface area (Å²) in [6.07, 6.45) is 0. The maximum atomic E-state index is 13.3. The molecule has 3 rings (SSSR count). The molecular formula is C21H16BrFN2O3. The fraction of sp³-hybridized carbons (Fsp3) is 0.0476. The summed E-state index contributed by atoms with van der Waals surface area (Å²) in [6.45, 7) is -0.264. The monoisotopic (exact) mass is 442 g/mol. The Hall–Kier alpha value is -3.19. The van der Waals surface area contributed by atoms with Crippen LogP contribution >= 0.6 is 15.9 Å². The van der Waals surface area contributed by atoms with E-state index in [2.05, 4.69) is 26.6 Å². The highest BCUT2D eigenvalue weighted by molar-refractivity contribution is 9.10. The van der Waals surface area contributed by atoms with Crippen molar-refractivity contribution in [1.82, 2.24) is 0 Å². The van der Waals surface area contributed by atoms with Crippen LogP contribution in [0.5, 0.6) is 5.75 Å². The number of amides is 2. The molecule has 3 aromatic carbocycles. The van der Waals surface area contributed by atoms with Crippen LogP contribution in [0.25, 0.3) is 0 Å². The van der Waals surface area contributed by atoms with Crippen molar-refractivity contribution in [2.75, 3.05) is 17.2 Å². The number of para-hydroxylation sites is 1. The van der Waals surface area contributed by atoms with Gasteiger partial charge in [0.1, 0.15) is 11.6 Å². The van der Waals surface area contributed by atoms with Crippen molar-refractivity contribution < 1.29 is 18.7 Å². The van der Waals surface area contributed by atoms with Crippen molar-refractivity contribution >= 4 is 39.1 Å². The average molecular weight is 443 g/mol. The molecule has 0 saturated heterocycles. The Balaban J connectivity index is 1.64. The molecule has 0 unspecified atom stereocenters. The molecular weight excluding hydrogens is 427 g/mol. The first-order chi connectivity index (χ1) is 13.5. The molecule has 0 aromatic heterocycles. The van der Waals surface area contributed by atoms with E-state index >= 15 is 0 Å². The highest BCUT2D eigenvalue weighted by atomic mass is 79.9. The Morgan fingerprint density at radius 3 is 2.39 bits per heavy atom. The van der Waals surface area contributed by atoms with Crippen LogP contribution in [0, 0.1) is 5.82 Å². The third-order valence-corrected chi connectivity index (χ3v) is 4.23. The van der Waals surface area contributed by atoms with Crippen molar-refractivity contribution in [2.24, 2.45) is 0 Å². The highest BCUT2D eigenvalue weighted by Gasteiger charge is 2.14. The van der Waals surface area contributed by atoms with E-state index in [1.165, 1.54) is 18.2 Å². The topological polar surface area (TPSA) is 67.4 Å². The van der Waals surface area contributed by atoms with Crippen molar-refractivity contribution in [1.29, 1.82) is 0 Å². The van der Waals surface area contributed by atoms with Crippen molar-refractivity contribution in [2.45, 2.75) is 0 Å². The summed E-state index contributed by atoms with van der Waals surface area (Å²) in [5, 5.41) is 5.32. The molecule has 0 atom stereocenters. The summed E-state index contributed by atoms with van der Waals surface area (Å²) < 4.78 is 19.7. The summed E-state index contributed by atoms with van der Waals surface area (Å²) >= 11 is 3.33. The molecule has 0 radical (unpaired) electrons. The number of carbonyl (C=O) groups is 2. The molecule has 3 aromatic rings. The van der Waals surface area contributed by atoms with Gasteiger partial charge in [0.2, 0.25) is 0 Å². The van der Waals surface area contributed by atoms with E-state index in [-0.39, 0.29) is 23.8 Å². The van der Waals surface area contributed by atoms with E-state index in [4.69, 9.17) is 4.74 Å². The van der Waals surface area contributed by atoms with Crippen molar-refractivity contribution in [3.05, 3.63) is 88.6 Å². The molecule has 0 aliphatic carbocycles. The molecule has 0 bridgehead atoms. The predicted molar refractivity (Wildman–Crippen MR) is 109 cm³/mol. The van der Waals surface area contributed by atoms with Gasteiger partial charge < -0.3 is 15.4 Å². The number of benzene rings is 3. The quantitative estimate of drug-likeness (QED) is 0.572. The minimum Gasteiger partial charge on any atom is -0.483 e. The molecule has 2 N–H and O–H groups in total. The van der Waals surface area contributed by atoms with E-state index < -0.39 is 11.7 Å². The molecule has 142 valence electrons. The fourth-order valence-electron chi connectivity index (χ4n) is 2.42. The number of hydrogen-bond acceptors (Lipinski definition) is 3. The minimum absolute atomic E-state index is 0.239. The number of rotatable bonds is 6. The molecule has 28 heavy (non-hydrogen) atoms. The van der Waals surface area contributed by atoms with Crippen LogP contribution in [-0.4, -0.2) is 18.4 Å². The summed E-state index contributed by atoms with van der Waals surface area (Å²) in [4.78, 5) is 24.6. The molecule has 0 aliphatic heterocycles. The van der Waals surface area contributed by atoms with Crippen LogP contribution in [-0.2, 0) is 4.79 Å². The van der Waals surface area contributed by atoms with Gasteiger partial charge in [-0.15, -0.1) is 0 Å². The molecule has 5 nitrogen and oxygen atoms in total. The lowest BCUT2D eigenvalue weighted by atomic mass is 10.2. The zero-order chi connectivity index (χ0) is 19.9. The van der Waals surface area contributed by atoms with E-state index in [1.54, 1.807) is 42.5 Å². The molecule has 0 fully saturated rings. The summed E-state index contributed by atoms with van der Waals surface area (Å²) in [5.41, 5.74) is 1.20. The minimum atomic E-state index is -0.463.